The van der Waals surface area contributed by atoms with Crippen LogP contribution in [0.3, 0.4) is 0 Å². The van der Waals surface area contributed by atoms with E-state index in [9.17, 15) is 0 Å². The number of guanidine groups is 1. The summed E-state index contributed by atoms with van der Waals surface area (Å²) in [7, 11) is 7.18. The molecule has 0 saturated heterocycles. The lowest BCUT2D eigenvalue weighted by atomic mass is 10.2. The first-order valence-corrected chi connectivity index (χ1v) is 8.96. The molecule has 146 valence electrons. The van der Waals surface area contributed by atoms with Crippen molar-refractivity contribution in [1.82, 2.24) is 10.2 Å². The van der Waals surface area contributed by atoms with E-state index in [2.05, 4.69) is 17.4 Å². The molecule has 6 nitrogen and oxygen atoms in total. The number of benzene rings is 2. The second kappa shape index (κ2) is 10.3. The van der Waals surface area contributed by atoms with Gasteiger partial charge in [-0.2, -0.15) is 0 Å². The maximum absolute atomic E-state index is 5.65. The Morgan fingerprint density at radius 3 is 2.15 bits per heavy atom. The van der Waals surface area contributed by atoms with Crippen LogP contribution in [-0.2, 0) is 13.1 Å². The van der Waals surface area contributed by atoms with Gasteiger partial charge in [0.15, 0.2) is 17.5 Å². The highest BCUT2D eigenvalue weighted by molar-refractivity contribution is 5.79. The number of aliphatic imine (C=N–C) groups is 1. The zero-order valence-corrected chi connectivity index (χ0v) is 16.8. The van der Waals surface area contributed by atoms with E-state index in [1.807, 2.05) is 56.3 Å². The molecule has 0 atom stereocenters. The molecule has 1 N–H and O–H groups in total. The Kier molecular flexibility index (Phi) is 7.79. The molecule has 0 aliphatic heterocycles. The van der Waals surface area contributed by atoms with Gasteiger partial charge in [0.05, 0.1) is 27.4 Å². The molecule has 0 aliphatic rings. The summed E-state index contributed by atoms with van der Waals surface area (Å²) in [6.45, 7) is 3.68. The van der Waals surface area contributed by atoms with Gasteiger partial charge in [0.1, 0.15) is 0 Å². The largest absolute Gasteiger partial charge is 0.493 e. The van der Waals surface area contributed by atoms with E-state index in [0.717, 1.165) is 11.5 Å². The van der Waals surface area contributed by atoms with Crippen LogP contribution in [0.15, 0.2) is 47.5 Å². The number of methoxy groups -OCH3 is 2. The van der Waals surface area contributed by atoms with Gasteiger partial charge >= 0.3 is 0 Å². The first kappa shape index (κ1) is 20.4. The van der Waals surface area contributed by atoms with E-state index >= 15 is 0 Å². The van der Waals surface area contributed by atoms with Crippen molar-refractivity contribution in [2.75, 3.05) is 34.9 Å². The van der Waals surface area contributed by atoms with Gasteiger partial charge in [0, 0.05) is 20.6 Å². The van der Waals surface area contributed by atoms with E-state index in [-0.39, 0.29) is 0 Å². The van der Waals surface area contributed by atoms with E-state index in [1.165, 1.54) is 5.56 Å². The van der Waals surface area contributed by atoms with Crippen LogP contribution in [0.25, 0.3) is 0 Å². The lowest BCUT2D eigenvalue weighted by Gasteiger charge is -2.18. The number of nitrogens with one attached hydrogen (secondary N) is 1. The van der Waals surface area contributed by atoms with E-state index in [4.69, 9.17) is 19.2 Å². The molecule has 0 radical (unpaired) electrons. The smallest absolute Gasteiger partial charge is 0.203 e. The van der Waals surface area contributed by atoms with Crippen molar-refractivity contribution < 1.29 is 14.2 Å². The van der Waals surface area contributed by atoms with Crippen LogP contribution in [0.2, 0.25) is 0 Å². The minimum atomic E-state index is 0.494. The van der Waals surface area contributed by atoms with Gasteiger partial charge in [0.25, 0.3) is 0 Å². The van der Waals surface area contributed by atoms with Crippen molar-refractivity contribution in [3.05, 3.63) is 53.6 Å². The fraction of sp³-hybridized carbons (Fsp3) is 0.381. The standard InChI is InChI=1S/C21H29N3O3/c1-6-27-20-18(25-4)12-17(13-19(20)26-5)15-23-21(24(2)3)22-14-16-10-8-7-9-11-16/h7-13H,6,14-15H2,1-5H3,(H,22,23). The monoisotopic (exact) mass is 371 g/mol. The Bertz CT molecular complexity index is 721. The van der Waals surface area contributed by atoms with Gasteiger partial charge < -0.3 is 24.4 Å². The summed E-state index contributed by atoms with van der Waals surface area (Å²) in [5.74, 6) is 2.71. The second-order valence-corrected chi connectivity index (χ2v) is 6.14. The van der Waals surface area contributed by atoms with Crippen LogP contribution in [0.4, 0.5) is 0 Å². The quantitative estimate of drug-likeness (QED) is 0.570. The molecule has 0 unspecified atom stereocenters. The van der Waals surface area contributed by atoms with Crippen LogP contribution in [0, 0.1) is 0 Å². The number of hydrogen-bond acceptors (Lipinski definition) is 4. The molecule has 0 heterocycles. The molecule has 2 rings (SSSR count). The number of nitrogens with zero attached hydrogens (tertiary/aromatic N) is 2. The van der Waals surface area contributed by atoms with Gasteiger partial charge in [-0.15, -0.1) is 0 Å². The molecule has 2 aromatic rings. The summed E-state index contributed by atoms with van der Waals surface area (Å²) < 4.78 is 16.6. The average Bonchev–Trinajstić information content (AvgIpc) is 2.69. The van der Waals surface area contributed by atoms with Gasteiger partial charge in [0.2, 0.25) is 5.75 Å². The topological polar surface area (TPSA) is 55.3 Å². The van der Waals surface area contributed by atoms with Gasteiger partial charge in [-0.05, 0) is 30.2 Å². The Labute approximate surface area is 161 Å². The van der Waals surface area contributed by atoms with E-state index < -0.39 is 0 Å². The van der Waals surface area contributed by atoms with E-state index in [1.54, 1.807) is 14.2 Å². The maximum Gasteiger partial charge on any atom is 0.203 e. The summed E-state index contributed by atoms with van der Waals surface area (Å²) in [5.41, 5.74) is 2.18. The number of hydrogen-bond donors (Lipinski definition) is 1. The highest BCUT2D eigenvalue weighted by atomic mass is 16.5. The number of ether oxygens (including phenoxy) is 3. The second-order valence-electron chi connectivity index (χ2n) is 6.14. The summed E-state index contributed by atoms with van der Waals surface area (Å²) in [4.78, 5) is 6.68. The summed E-state index contributed by atoms with van der Waals surface area (Å²) in [6.07, 6.45) is 0. The van der Waals surface area contributed by atoms with Gasteiger partial charge in [-0.3, -0.25) is 0 Å². The normalized spacial score (nSPS) is 11.1. The van der Waals surface area contributed by atoms with E-state index in [0.29, 0.717) is 36.9 Å². The molecular weight excluding hydrogens is 342 g/mol. The molecule has 0 saturated carbocycles. The first-order valence-electron chi connectivity index (χ1n) is 8.96. The fourth-order valence-electron chi connectivity index (χ4n) is 2.61. The molecule has 6 heteroatoms. The Morgan fingerprint density at radius 1 is 1.00 bits per heavy atom. The number of rotatable bonds is 8. The Hall–Kier alpha value is -2.89. The van der Waals surface area contributed by atoms with Crippen molar-refractivity contribution in [1.29, 1.82) is 0 Å². The lowest BCUT2D eigenvalue weighted by Crippen LogP contribution is -2.36. The van der Waals surface area contributed by atoms with Crippen LogP contribution in [-0.4, -0.2) is 45.8 Å². The van der Waals surface area contributed by atoms with Crippen LogP contribution >= 0.6 is 0 Å². The van der Waals surface area contributed by atoms with Crippen molar-refractivity contribution >= 4 is 5.96 Å². The molecule has 0 bridgehead atoms. The molecule has 27 heavy (non-hydrogen) atoms. The van der Waals surface area contributed by atoms with Crippen molar-refractivity contribution in [3.63, 3.8) is 0 Å². The van der Waals surface area contributed by atoms with Crippen molar-refractivity contribution in [3.8, 4) is 17.2 Å². The highest BCUT2D eigenvalue weighted by Crippen LogP contribution is 2.38. The average molecular weight is 371 g/mol. The third kappa shape index (κ3) is 5.81. The molecule has 2 aromatic carbocycles. The molecule has 0 fully saturated rings. The minimum absolute atomic E-state index is 0.494. The fourth-order valence-corrected chi connectivity index (χ4v) is 2.61. The van der Waals surface area contributed by atoms with Crippen LogP contribution in [0.5, 0.6) is 17.2 Å². The van der Waals surface area contributed by atoms with Gasteiger partial charge in [-0.1, -0.05) is 30.3 Å². The lowest BCUT2D eigenvalue weighted by molar-refractivity contribution is 0.288. The minimum Gasteiger partial charge on any atom is -0.493 e. The molecule has 0 aliphatic carbocycles. The van der Waals surface area contributed by atoms with Crippen LogP contribution in [0.1, 0.15) is 18.1 Å². The van der Waals surface area contributed by atoms with Crippen LogP contribution < -0.4 is 19.5 Å². The third-order valence-electron chi connectivity index (χ3n) is 3.94. The zero-order valence-electron chi connectivity index (χ0n) is 16.8. The SMILES string of the molecule is CCOc1c(OC)cc(CN=C(NCc2ccccc2)N(C)C)cc1OC. The predicted octanol–water partition coefficient (Wildman–Crippen LogP) is 3.31. The highest BCUT2D eigenvalue weighted by Gasteiger charge is 2.14. The van der Waals surface area contributed by atoms with Crippen molar-refractivity contribution in [2.45, 2.75) is 20.0 Å². The molecule has 0 aromatic heterocycles. The van der Waals surface area contributed by atoms with Crippen molar-refractivity contribution in [2.24, 2.45) is 4.99 Å². The summed E-state index contributed by atoms with van der Waals surface area (Å²) in [6, 6.07) is 14.1. The zero-order chi connectivity index (χ0) is 19.6. The van der Waals surface area contributed by atoms with Gasteiger partial charge in [-0.25, -0.2) is 4.99 Å². The summed E-state index contributed by atoms with van der Waals surface area (Å²) in [5, 5.41) is 3.38. The predicted molar refractivity (Wildman–Crippen MR) is 109 cm³/mol. The molecule has 0 spiro atoms. The third-order valence-corrected chi connectivity index (χ3v) is 3.94. The molecule has 0 amide bonds. The first-order chi connectivity index (χ1) is 13.1. The summed E-state index contributed by atoms with van der Waals surface area (Å²) >= 11 is 0. The maximum atomic E-state index is 5.65. The Balaban J connectivity index is 2.17. The Morgan fingerprint density at radius 2 is 1.63 bits per heavy atom. The molecular formula is C21H29N3O3.